The van der Waals surface area contributed by atoms with Crippen LogP contribution in [0.4, 0.5) is 0 Å². The molecule has 0 bridgehead atoms. The summed E-state index contributed by atoms with van der Waals surface area (Å²) in [7, 11) is 0. The number of nitrogens with zero attached hydrogens (tertiary/aromatic N) is 2. The highest BCUT2D eigenvalue weighted by Crippen LogP contribution is 2.16. The minimum Gasteiger partial charge on any atom is -0.286 e. The van der Waals surface area contributed by atoms with Crippen molar-refractivity contribution in [2.45, 2.75) is 6.54 Å². The third-order valence-corrected chi connectivity index (χ3v) is 1.88. The standard InChI is InChI=1S/C7H5BrN2/c8-6-1-5-2-9-4-7(5)10-3-6/h1-3H,4H2. The van der Waals surface area contributed by atoms with E-state index in [4.69, 9.17) is 0 Å². The van der Waals surface area contributed by atoms with Crippen molar-refractivity contribution in [1.82, 2.24) is 4.98 Å². The van der Waals surface area contributed by atoms with Crippen molar-refractivity contribution in [3.05, 3.63) is 28.0 Å². The largest absolute Gasteiger partial charge is 0.286 e. The normalized spacial score (nSPS) is 13.7. The molecule has 2 rings (SSSR count). The highest BCUT2D eigenvalue weighted by atomic mass is 79.9. The molecular weight excluding hydrogens is 192 g/mol. The Morgan fingerprint density at radius 3 is 3.30 bits per heavy atom. The van der Waals surface area contributed by atoms with Crippen LogP contribution in [0.5, 0.6) is 0 Å². The van der Waals surface area contributed by atoms with Gasteiger partial charge < -0.3 is 0 Å². The SMILES string of the molecule is Brc1cnc2c(c1)C=NC2. The molecule has 50 valence electrons. The molecule has 0 fully saturated rings. The lowest BCUT2D eigenvalue weighted by Gasteiger charge is -1.94. The summed E-state index contributed by atoms with van der Waals surface area (Å²) in [6.45, 7) is 0.739. The summed E-state index contributed by atoms with van der Waals surface area (Å²) < 4.78 is 1.01. The average Bonchev–Trinajstić information content (AvgIpc) is 2.33. The highest BCUT2D eigenvalue weighted by molar-refractivity contribution is 9.10. The first-order valence-electron chi connectivity index (χ1n) is 3.00. The Labute approximate surface area is 67.1 Å². The van der Waals surface area contributed by atoms with E-state index in [0.29, 0.717) is 0 Å². The lowest BCUT2D eigenvalue weighted by Crippen LogP contribution is -1.87. The molecule has 0 radical (unpaired) electrons. The van der Waals surface area contributed by atoms with Crippen molar-refractivity contribution in [2.75, 3.05) is 0 Å². The number of fused-ring (bicyclic) bond motifs is 1. The van der Waals surface area contributed by atoms with Crippen molar-refractivity contribution in [1.29, 1.82) is 0 Å². The molecule has 1 aliphatic heterocycles. The van der Waals surface area contributed by atoms with Gasteiger partial charge in [0.25, 0.3) is 0 Å². The van der Waals surface area contributed by atoms with E-state index in [1.165, 1.54) is 0 Å². The van der Waals surface area contributed by atoms with Gasteiger partial charge in [-0.2, -0.15) is 0 Å². The van der Waals surface area contributed by atoms with Gasteiger partial charge in [-0.05, 0) is 22.0 Å². The van der Waals surface area contributed by atoms with Gasteiger partial charge >= 0.3 is 0 Å². The highest BCUT2D eigenvalue weighted by Gasteiger charge is 2.06. The van der Waals surface area contributed by atoms with E-state index in [1.54, 1.807) is 6.20 Å². The van der Waals surface area contributed by atoms with Crippen molar-refractivity contribution in [2.24, 2.45) is 4.99 Å². The minimum atomic E-state index is 0.739. The summed E-state index contributed by atoms with van der Waals surface area (Å²) in [4.78, 5) is 8.27. The molecule has 2 nitrogen and oxygen atoms in total. The molecule has 0 aliphatic carbocycles. The summed E-state index contributed by atoms with van der Waals surface area (Å²) >= 11 is 3.34. The number of hydrogen-bond donors (Lipinski definition) is 0. The maximum absolute atomic E-state index is 4.19. The Kier molecular flexibility index (Phi) is 1.31. The fourth-order valence-corrected chi connectivity index (χ4v) is 1.31. The molecule has 0 saturated carbocycles. The Morgan fingerprint density at radius 2 is 2.40 bits per heavy atom. The molecule has 0 atom stereocenters. The molecule has 0 amide bonds. The van der Waals surface area contributed by atoms with Crippen molar-refractivity contribution < 1.29 is 0 Å². The van der Waals surface area contributed by atoms with Gasteiger partial charge in [0.15, 0.2) is 0 Å². The molecule has 1 aromatic rings. The van der Waals surface area contributed by atoms with Gasteiger partial charge in [0.2, 0.25) is 0 Å². The van der Waals surface area contributed by atoms with Crippen LogP contribution in [0.2, 0.25) is 0 Å². The second-order valence-electron chi connectivity index (χ2n) is 2.16. The van der Waals surface area contributed by atoms with Gasteiger partial charge in [0, 0.05) is 22.4 Å². The van der Waals surface area contributed by atoms with Crippen LogP contribution in [0.15, 0.2) is 21.7 Å². The van der Waals surface area contributed by atoms with E-state index in [-0.39, 0.29) is 0 Å². The second kappa shape index (κ2) is 2.16. The third kappa shape index (κ3) is 0.865. The van der Waals surface area contributed by atoms with Gasteiger partial charge in [-0.1, -0.05) is 0 Å². The number of aromatic nitrogens is 1. The Hall–Kier alpha value is -0.700. The summed E-state index contributed by atoms with van der Waals surface area (Å²) in [5.74, 6) is 0. The van der Waals surface area contributed by atoms with E-state index in [0.717, 1.165) is 22.3 Å². The van der Waals surface area contributed by atoms with Crippen LogP contribution >= 0.6 is 15.9 Å². The topological polar surface area (TPSA) is 25.2 Å². The molecule has 0 saturated heterocycles. The lowest BCUT2D eigenvalue weighted by molar-refractivity contribution is 1.02. The van der Waals surface area contributed by atoms with E-state index in [9.17, 15) is 0 Å². The maximum Gasteiger partial charge on any atom is 0.0818 e. The molecular formula is C7H5BrN2. The van der Waals surface area contributed by atoms with Gasteiger partial charge in [-0.3, -0.25) is 9.98 Å². The summed E-state index contributed by atoms with van der Waals surface area (Å²) in [6.07, 6.45) is 3.65. The number of pyridine rings is 1. The summed E-state index contributed by atoms with van der Waals surface area (Å²) in [5.41, 5.74) is 2.21. The van der Waals surface area contributed by atoms with Crippen LogP contribution < -0.4 is 0 Å². The molecule has 3 heteroatoms. The van der Waals surface area contributed by atoms with E-state index in [2.05, 4.69) is 25.9 Å². The fraction of sp³-hybridized carbons (Fsp3) is 0.143. The molecule has 10 heavy (non-hydrogen) atoms. The smallest absolute Gasteiger partial charge is 0.0818 e. The van der Waals surface area contributed by atoms with Gasteiger partial charge in [0.05, 0.1) is 12.2 Å². The van der Waals surface area contributed by atoms with Gasteiger partial charge in [-0.15, -0.1) is 0 Å². The molecule has 1 aromatic heterocycles. The molecule has 1 aliphatic rings. The molecule has 0 N–H and O–H groups in total. The zero-order valence-electron chi connectivity index (χ0n) is 5.21. The maximum atomic E-state index is 4.19. The number of rotatable bonds is 0. The Balaban J connectivity index is 2.60. The van der Waals surface area contributed by atoms with E-state index >= 15 is 0 Å². The van der Waals surface area contributed by atoms with Gasteiger partial charge in [-0.25, -0.2) is 0 Å². The van der Waals surface area contributed by atoms with Crippen LogP contribution in [0.1, 0.15) is 11.3 Å². The van der Waals surface area contributed by atoms with Crippen LogP contribution in [0.3, 0.4) is 0 Å². The predicted molar refractivity (Wildman–Crippen MR) is 43.2 cm³/mol. The van der Waals surface area contributed by atoms with Crippen LogP contribution in [-0.2, 0) is 6.54 Å². The first-order valence-corrected chi connectivity index (χ1v) is 3.80. The van der Waals surface area contributed by atoms with E-state index in [1.807, 2.05) is 12.3 Å². The number of halogens is 1. The average molecular weight is 197 g/mol. The second-order valence-corrected chi connectivity index (χ2v) is 3.07. The van der Waals surface area contributed by atoms with Crippen molar-refractivity contribution in [3.8, 4) is 0 Å². The third-order valence-electron chi connectivity index (χ3n) is 1.44. The zero-order valence-corrected chi connectivity index (χ0v) is 6.80. The monoisotopic (exact) mass is 196 g/mol. The fourth-order valence-electron chi connectivity index (χ4n) is 0.958. The molecule has 0 unspecified atom stereocenters. The van der Waals surface area contributed by atoms with Crippen LogP contribution in [0.25, 0.3) is 0 Å². The lowest BCUT2D eigenvalue weighted by atomic mass is 10.2. The Morgan fingerprint density at radius 1 is 1.50 bits per heavy atom. The summed E-state index contributed by atoms with van der Waals surface area (Å²) in [5, 5.41) is 0. The first-order chi connectivity index (χ1) is 4.86. The summed E-state index contributed by atoms with van der Waals surface area (Å²) in [6, 6.07) is 2.03. The number of hydrogen-bond acceptors (Lipinski definition) is 2. The Bertz CT molecular complexity index is 294. The quantitative estimate of drug-likeness (QED) is 0.622. The minimum absolute atomic E-state index is 0.739. The molecule has 2 heterocycles. The first kappa shape index (κ1) is 6.04. The molecule has 0 aromatic carbocycles. The van der Waals surface area contributed by atoms with Crippen LogP contribution in [-0.4, -0.2) is 11.2 Å². The molecule has 0 spiro atoms. The van der Waals surface area contributed by atoms with Crippen molar-refractivity contribution >= 4 is 22.1 Å². The van der Waals surface area contributed by atoms with E-state index < -0.39 is 0 Å². The predicted octanol–water partition coefficient (Wildman–Crippen LogP) is 1.78. The van der Waals surface area contributed by atoms with Gasteiger partial charge in [0.1, 0.15) is 0 Å². The van der Waals surface area contributed by atoms with Crippen molar-refractivity contribution in [3.63, 3.8) is 0 Å². The zero-order chi connectivity index (χ0) is 6.97. The number of aliphatic imine (C=N–C) groups is 1. The van der Waals surface area contributed by atoms with Crippen LogP contribution in [0, 0.1) is 0 Å².